The van der Waals surface area contributed by atoms with E-state index < -0.39 is 9.84 Å². The molecule has 0 spiro atoms. The summed E-state index contributed by atoms with van der Waals surface area (Å²) in [5.74, 6) is 0. The first kappa shape index (κ1) is 16.7. The molecule has 0 amide bonds. The number of aromatic nitrogens is 2. The van der Waals surface area contributed by atoms with Crippen LogP contribution in [0.1, 0.15) is 11.1 Å². The van der Waals surface area contributed by atoms with E-state index in [0.717, 1.165) is 11.3 Å². The number of allylic oxidation sites excluding steroid dienone is 1. The normalized spacial score (nSPS) is 11.9. The van der Waals surface area contributed by atoms with Crippen LogP contribution < -0.4 is 0 Å². The largest absolute Gasteiger partial charge is 0.240 e. The van der Waals surface area contributed by atoms with Gasteiger partial charge in [-0.1, -0.05) is 35.9 Å². The molecule has 124 valence electrons. The summed E-state index contributed by atoms with van der Waals surface area (Å²) in [6.07, 6.45) is 4.54. The van der Waals surface area contributed by atoms with Crippen molar-refractivity contribution >= 4 is 15.9 Å². The second kappa shape index (κ2) is 6.75. The Morgan fingerprint density at radius 3 is 2.44 bits per heavy atom. The Balaban J connectivity index is 1.97. The Labute approximate surface area is 146 Å². The molecule has 2 aromatic carbocycles. The SMILES string of the molecule is Cc1ccc(S(=O)(=O)/C(C#N)=C/c2cnn(-c3ccccc3)c2)cc1. The number of benzene rings is 2. The van der Waals surface area contributed by atoms with E-state index in [0.29, 0.717) is 5.56 Å². The number of nitriles is 1. The fourth-order valence-corrected chi connectivity index (χ4v) is 3.46. The minimum Gasteiger partial charge on any atom is -0.240 e. The first-order valence-corrected chi connectivity index (χ1v) is 9.03. The Bertz CT molecular complexity index is 1060. The van der Waals surface area contributed by atoms with Gasteiger partial charge in [0, 0.05) is 11.8 Å². The van der Waals surface area contributed by atoms with Crippen molar-refractivity contribution in [3.05, 3.63) is 83.0 Å². The molecule has 0 aliphatic carbocycles. The van der Waals surface area contributed by atoms with Gasteiger partial charge in [-0.2, -0.15) is 10.4 Å². The van der Waals surface area contributed by atoms with Crippen LogP contribution in [0.2, 0.25) is 0 Å². The monoisotopic (exact) mass is 349 g/mol. The molecule has 5 nitrogen and oxygen atoms in total. The summed E-state index contributed by atoms with van der Waals surface area (Å²) < 4.78 is 26.9. The van der Waals surface area contributed by atoms with Gasteiger partial charge in [-0.25, -0.2) is 13.1 Å². The van der Waals surface area contributed by atoms with Gasteiger partial charge in [-0.05, 0) is 37.3 Å². The molecule has 3 aromatic rings. The average Bonchev–Trinajstić information content (AvgIpc) is 3.09. The van der Waals surface area contributed by atoms with E-state index in [-0.39, 0.29) is 9.80 Å². The summed E-state index contributed by atoms with van der Waals surface area (Å²) in [6, 6.07) is 17.6. The molecule has 0 atom stereocenters. The van der Waals surface area contributed by atoms with Gasteiger partial charge in [-0.15, -0.1) is 0 Å². The lowest BCUT2D eigenvalue weighted by Gasteiger charge is -2.03. The maximum atomic E-state index is 12.6. The van der Waals surface area contributed by atoms with Crippen molar-refractivity contribution in [2.24, 2.45) is 0 Å². The highest BCUT2D eigenvalue weighted by Gasteiger charge is 2.20. The van der Waals surface area contributed by atoms with E-state index in [2.05, 4.69) is 5.10 Å². The van der Waals surface area contributed by atoms with Gasteiger partial charge in [0.05, 0.1) is 16.8 Å². The second-order valence-corrected chi connectivity index (χ2v) is 7.41. The first-order valence-electron chi connectivity index (χ1n) is 7.54. The summed E-state index contributed by atoms with van der Waals surface area (Å²) >= 11 is 0. The number of para-hydroxylation sites is 1. The van der Waals surface area contributed by atoms with Crippen molar-refractivity contribution in [2.75, 3.05) is 0 Å². The number of hydrogen-bond acceptors (Lipinski definition) is 4. The van der Waals surface area contributed by atoms with Crippen molar-refractivity contribution < 1.29 is 8.42 Å². The van der Waals surface area contributed by atoms with E-state index in [4.69, 9.17) is 0 Å². The minimum absolute atomic E-state index is 0.0985. The number of sulfone groups is 1. The van der Waals surface area contributed by atoms with Crippen LogP contribution in [0.5, 0.6) is 0 Å². The molecule has 0 fully saturated rings. The molecule has 0 N–H and O–H groups in total. The number of aryl methyl sites for hydroxylation is 1. The quantitative estimate of drug-likeness (QED) is 0.675. The van der Waals surface area contributed by atoms with Crippen LogP contribution in [0.25, 0.3) is 11.8 Å². The van der Waals surface area contributed by atoms with Crippen LogP contribution in [-0.4, -0.2) is 18.2 Å². The number of rotatable bonds is 4. The molecule has 0 aliphatic rings. The standard InChI is InChI=1S/C19H15N3O2S/c1-15-7-9-18(10-8-15)25(23,24)19(12-20)11-16-13-21-22(14-16)17-5-3-2-4-6-17/h2-11,13-14H,1H3/b19-11+. The maximum absolute atomic E-state index is 12.6. The third-order valence-corrected chi connectivity index (χ3v) is 5.33. The van der Waals surface area contributed by atoms with Gasteiger partial charge >= 0.3 is 0 Å². The predicted octanol–water partition coefficient (Wildman–Crippen LogP) is 3.52. The van der Waals surface area contributed by atoms with E-state index in [1.165, 1.54) is 24.4 Å². The molecule has 25 heavy (non-hydrogen) atoms. The Morgan fingerprint density at radius 1 is 1.12 bits per heavy atom. The Hall–Kier alpha value is -3.17. The maximum Gasteiger partial charge on any atom is 0.216 e. The molecule has 0 bridgehead atoms. The van der Waals surface area contributed by atoms with Gasteiger partial charge in [0.1, 0.15) is 11.0 Å². The molecule has 0 saturated heterocycles. The van der Waals surface area contributed by atoms with Crippen LogP contribution in [0.15, 0.2) is 76.8 Å². The van der Waals surface area contributed by atoms with E-state index in [9.17, 15) is 13.7 Å². The molecule has 0 unspecified atom stereocenters. The van der Waals surface area contributed by atoms with Gasteiger partial charge in [-0.3, -0.25) is 0 Å². The third kappa shape index (κ3) is 3.52. The molecule has 0 saturated carbocycles. The molecule has 6 heteroatoms. The summed E-state index contributed by atoms with van der Waals surface area (Å²) in [6.45, 7) is 1.87. The van der Waals surface area contributed by atoms with Crippen LogP contribution in [0.3, 0.4) is 0 Å². The third-order valence-electron chi connectivity index (χ3n) is 3.65. The van der Waals surface area contributed by atoms with Gasteiger partial charge in [0.25, 0.3) is 0 Å². The topological polar surface area (TPSA) is 75.8 Å². The van der Waals surface area contributed by atoms with Gasteiger partial charge in [0.15, 0.2) is 0 Å². The molecule has 0 radical (unpaired) electrons. The zero-order chi connectivity index (χ0) is 17.9. The highest BCUT2D eigenvalue weighted by Crippen LogP contribution is 2.21. The molecule has 1 heterocycles. The van der Waals surface area contributed by atoms with Crippen molar-refractivity contribution in [1.29, 1.82) is 5.26 Å². The van der Waals surface area contributed by atoms with Crippen LogP contribution in [-0.2, 0) is 9.84 Å². The molecule has 3 rings (SSSR count). The van der Waals surface area contributed by atoms with Gasteiger partial charge in [0.2, 0.25) is 9.84 Å². The first-order chi connectivity index (χ1) is 12.0. The van der Waals surface area contributed by atoms with Gasteiger partial charge < -0.3 is 0 Å². The van der Waals surface area contributed by atoms with Crippen molar-refractivity contribution in [2.45, 2.75) is 11.8 Å². The Kier molecular flexibility index (Phi) is 4.50. The zero-order valence-electron chi connectivity index (χ0n) is 13.5. The molecular weight excluding hydrogens is 334 g/mol. The van der Waals surface area contributed by atoms with Crippen LogP contribution in [0.4, 0.5) is 0 Å². The molecule has 1 aromatic heterocycles. The van der Waals surface area contributed by atoms with Crippen LogP contribution in [0, 0.1) is 18.3 Å². The number of nitrogens with zero attached hydrogens (tertiary/aromatic N) is 3. The molecule has 0 aliphatic heterocycles. The predicted molar refractivity (Wildman–Crippen MR) is 95.5 cm³/mol. The lowest BCUT2D eigenvalue weighted by Crippen LogP contribution is -2.03. The fraction of sp³-hybridized carbons (Fsp3) is 0.0526. The second-order valence-electron chi connectivity index (χ2n) is 5.49. The summed E-state index contributed by atoms with van der Waals surface area (Å²) in [7, 11) is -3.86. The Morgan fingerprint density at radius 2 is 1.80 bits per heavy atom. The van der Waals surface area contributed by atoms with E-state index >= 15 is 0 Å². The summed E-state index contributed by atoms with van der Waals surface area (Å²) in [5, 5.41) is 13.5. The van der Waals surface area contributed by atoms with E-state index in [1.807, 2.05) is 37.3 Å². The average molecular weight is 349 g/mol. The summed E-state index contributed by atoms with van der Waals surface area (Å²) in [4.78, 5) is -0.217. The highest BCUT2D eigenvalue weighted by atomic mass is 32.2. The lowest BCUT2D eigenvalue weighted by molar-refractivity contribution is 0.603. The van der Waals surface area contributed by atoms with Crippen molar-refractivity contribution in [3.63, 3.8) is 0 Å². The van der Waals surface area contributed by atoms with E-state index in [1.54, 1.807) is 29.1 Å². The number of hydrogen-bond donors (Lipinski definition) is 0. The molecular formula is C19H15N3O2S. The zero-order valence-corrected chi connectivity index (χ0v) is 14.3. The minimum atomic E-state index is -3.86. The highest BCUT2D eigenvalue weighted by molar-refractivity contribution is 7.95. The fourth-order valence-electron chi connectivity index (χ4n) is 2.30. The summed E-state index contributed by atoms with van der Waals surface area (Å²) in [5.41, 5.74) is 2.34. The van der Waals surface area contributed by atoms with Crippen molar-refractivity contribution in [3.8, 4) is 11.8 Å². The lowest BCUT2D eigenvalue weighted by atomic mass is 10.2. The van der Waals surface area contributed by atoms with Crippen molar-refractivity contribution in [1.82, 2.24) is 9.78 Å². The smallest absolute Gasteiger partial charge is 0.216 e. The van der Waals surface area contributed by atoms with Crippen LogP contribution >= 0.6 is 0 Å².